The average molecular weight is 1890 g/mol. The number of hydrogen-bond donors (Lipinski definition) is 0. The summed E-state index contributed by atoms with van der Waals surface area (Å²) >= 11 is 0. The summed E-state index contributed by atoms with van der Waals surface area (Å²) in [5, 5.41) is 19.2. The van der Waals surface area contributed by atoms with Crippen LogP contribution in [0.1, 0.15) is 0 Å². The van der Waals surface area contributed by atoms with Gasteiger partial charge >= 0.3 is 0 Å². The van der Waals surface area contributed by atoms with Crippen LogP contribution in [-0.2, 0) is 0 Å². The summed E-state index contributed by atoms with van der Waals surface area (Å²) < 4.78 is 37.4. The van der Waals surface area contributed by atoms with Gasteiger partial charge in [-0.2, -0.15) is 29.9 Å². The van der Waals surface area contributed by atoms with Gasteiger partial charge in [0.15, 0.2) is 34.9 Å². The van der Waals surface area contributed by atoms with Crippen molar-refractivity contribution in [2.45, 2.75) is 0 Å². The molecule has 3 aliphatic heterocycles. The number of fused-ring (bicyclic) bond motifs is 24. The lowest BCUT2D eigenvalue weighted by Crippen LogP contribution is -2.18. The van der Waals surface area contributed by atoms with Crippen LogP contribution < -0.4 is 14.7 Å². The van der Waals surface area contributed by atoms with Crippen molar-refractivity contribution in [3.63, 3.8) is 0 Å². The zero-order valence-electron chi connectivity index (χ0n) is 77.9. The van der Waals surface area contributed by atoms with Crippen molar-refractivity contribution in [3.05, 3.63) is 437 Å². The minimum absolute atomic E-state index is 0.532. The van der Waals surface area contributed by atoms with Crippen LogP contribution in [0.4, 0.5) is 52.0 Å². The van der Waals surface area contributed by atoms with Gasteiger partial charge in [0.05, 0.1) is 34.1 Å². The van der Waals surface area contributed by atoms with E-state index in [4.69, 9.17) is 71.4 Å². The van der Waals surface area contributed by atoms with E-state index in [1.54, 1.807) is 0 Å². The van der Waals surface area contributed by atoms with Crippen LogP contribution in [0.15, 0.2) is 463 Å². The van der Waals surface area contributed by atoms with Crippen LogP contribution in [-0.4, -0.2) is 44.9 Å². The molecule has 0 aliphatic carbocycles. The molecule has 18 nitrogen and oxygen atoms in total. The standard InChI is InChI=1S/3C43H24N4O2/c1-4-19-32-26(13-1)27-16-7-11-25-12-8-20-33(38(25)27)47(32)43-45-41(30-17-9-23-36-39(30)28-14-2-5-21-34(28)48-36)44-42(46-43)31-18-10-24-37-40(31)29-15-3-6-22-35(29)49-37;1-4-17-33-27(12-1)29-15-7-10-25-11-8-18-34(39(25)29)47(33)43-45-41(26-22-23-37-32(24-26)28-13-2-5-19-35(28)48-37)44-42(46-43)31-16-9-21-38-40(31)30-14-3-6-20-36(30)49-38;1-4-15-34-28(11-1)31-14-7-9-25-10-8-16-35(40(25)31)47(34)43-45-41(26-19-21-38-32(23-26)29-12-2-5-17-36(29)48-38)44-42(46-43)27-20-22-39-33(24-27)30-13-3-6-18-37(30)49-39/h3*1-24H. The number of nitrogens with zero attached hydrogens (tertiary/aromatic N) is 12. The molecule has 0 atom stereocenters. The number of rotatable bonds is 9. The highest BCUT2D eigenvalue weighted by Crippen LogP contribution is 2.56. The van der Waals surface area contributed by atoms with Crippen molar-refractivity contribution >= 4 is 216 Å². The summed E-state index contributed by atoms with van der Waals surface area (Å²) in [4.78, 5) is 53.8. The van der Waals surface area contributed by atoms with Gasteiger partial charge in [-0.05, 0) is 178 Å². The molecular formula is C129H72N12O6. The molecule has 0 saturated heterocycles. The van der Waals surface area contributed by atoms with Crippen molar-refractivity contribution < 1.29 is 26.5 Å². The summed E-state index contributed by atoms with van der Waals surface area (Å²) in [5.41, 5.74) is 28.2. The van der Waals surface area contributed by atoms with Crippen molar-refractivity contribution in [2.24, 2.45) is 0 Å². The van der Waals surface area contributed by atoms with Crippen LogP contribution in [0.25, 0.3) is 266 Å². The third kappa shape index (κ3) is 12.8. The molecule has 0 bridgehead atoms. The summed E-state index contributed by atoms with van der Waals surface area (Å²) in [6, 6.07) is 149. The maximum Gasteiger partial charge on any atom is 0.238 e. The highest BCUT2D eigenvalue weighted by molar-refractivity contribution is 6.21. The summed E-state index contributed by atoms with van der Waals surface area (Å²) in [5.74, 6) is 5.03. The van der Waals surface area contributed by atoms with Crippen LogP contribution in [0.3, 0.4) is 0 Å². The van der Waals surface area contributed by atoms with Crippen molar-refractivity contribution in [1.29, 1.82) is 0 Å². The van der Waals surface area contributed by atoms with Gasteiger partial charge in [0.2, 0.25) is 17.8 Å². The zero-order chi connectivity index (χ0) is 96.2. The van der Waals surface area contributed by atoms with E-state index in [1.807, 2.05) is 182 Å². The minimum atomic E-state index is 0.532. The number of hydrogen-bond acceptors (Lipinski definition) is 18. The van der Waals surface area contributed by atoms with Crippen molar-refractivity contribution in [1.82, 2.24) is 44.9 Å². The van der Waals surface area contributed by atoms with Gasteiger partial charge in [-0.1, -0.05) is 291 Å². The Balaban J connectivity index is 0.0000000999. The Labute approximate surface area is 834 Å². The first-order valence-corrected chi connectivity index (χ1v) is 48.8. The van der Waals surface area contributed by atoms with Crippen LogP contribution in [0.5, 0.6) is 0 Å². The Morgan fingerprint density at radius 2 is 0.347 bits per heavy atom. The maximum atomic E-state index is 6.30. The normalized spacial score (nSPS) is 12.4. The second-order valence-electron chi connectivity index (χ2n) is 37.2. The number of anilines is 9. The molecular weight excluding hydrogens is 1810 g/mol. The average Bonchev–Trinajstić information content (AvgIpc) is 1.43. The summed E-state index contributed by atoms with van der Waals surface area (Å²) in [7, 11) is 0. The molecule has 18 heteroatoms. The molecule has 0 N–H and O–H groups in total. The first-order chi connectivity index (χ1) is 72.8. The lowest BCUT2D eigenvalue weighted by Gasteiger charge is -2.32. The van der Waals surface area contributed by atoms with E-state index in [1.165, 1.54) is 32.8 Å². The minimum Gasteiger partial charge on any atom is -0.456 e. The molecule has 9 aromatic heterocycles. The molecule has 0 amide bonds. The molecule has 147 heavy (non-hydrogen) atoms. The fraction of sp³-hybridized carbons (Fsp3) is 0. The number of furan rings is 6. The first kappa shape index (κ1) is 81.5. The predicted octanol–water partition coefficient (Wildman–Crippen LogP) is 34.8. The van der Waals surface area contributed by atoms with Crippen molar-refractivity contribution in [2.75, 3.05) is 14.7 Å². The highest BCUT2D eigenvalue weighted by atomic mass is 16.3. The quantitative estimate of drug-likeness (QED) is 0.132. The Morgan fingerprint density at radius 3 is 0.667 bits per heavy atom. The second-order valence-corrected chi connectivity index (χ2v) is 37.2. The molecule has 33 rings (SSSR count). The molecule has 0 radical (unpaired) electrons. The molecule has 0 unspecified atom stereocenters. The first-order valence-electron chi connectivity index (χ1n) is 48.8. The van der Waals surface area contributed by atoms with Crippen LogP contribution in [0.2, 0.25) is 0 Å². The van der Waals surface area contributed by atoms with E-state index < -0.39 is 0 Å². The monoisotopic (exact) mass is 1880 g/mol. The van der Waals surface area contributed by atoms with Crippen LogP contribution in [0, 0.1) is 0 Å². The SMILES string of the molecule is c1ccc2c(c1)-c1cccc3cccc(c13)N2c1nc(-c2ccc3oc4ccccc4c3c2)nc(-c2ccc3oc4ccccc4c3c2)n1.c1ccc2c(c1)-c1cccc3cccc(c13)N2c1nc(-c2ccc3oc4ccccc4c3c2)nc(-c2cccc3oc4ccccc4c23)n1.c1ccc2c(c1)-c1cccc3cccc(c13)N2c1nc(-c2cccc3oc4ccccc4c23)nc(-c2cccc3oc4ccccc4c23)n1. The largest absolute Gasteiger partial charge is 0.456 e. The third-order valence-corrected chi connectivity index (χ3v) is 29.0. The number of aromatic nitrogens is 9. The topological polar surface area (TPSA) is 205 Å². The molecule has 21 aromatic carbocycles. The molecule has 12 heterocycles. The smallest absolute Gasteiger partial charge is 0.238 e. The molecule has 0 fully saturated rings. The summed E-state index contributed by atoms with van der Waals surface area (Å²) in [6.45, 7) is 0. The van der Waals surface area contributed by atoms with E-state index in [-0.39, 0.29) is 0 Å². The molecule has 684 valence electrons. The van der Waals surface area contributed by atoms with Gasteiger partial charge < -0.3 is 26.5 Å². The predicted molar refractivity (Wildman–Crippen MR) is 589 cm³/mol. The third-order valence-electron chi connectivity index (χ3n) is 29.0. The molecule has 30 aromatic rings. The lowest BCUT2D eigenvalue weighted by molar-refractivity contribution is 0.668. The van der Waals surface area contributed by atoms with Gasteiger partial charge in [0.1, 0.15) is 67.0 Å². The van der Waals surface area contributed by atoms with Gasteiger partial charge in [-0.15, -0.1) is 0 Å². The van der Waals surface area contributed by atoms with Crippen molar-refractivity contribution in [3.8, 4) is 102 Å². The number of benzene rings is 21. The van der Waals surface area contributed by atoms with Gasteiger partial charge in [0, 0.05) is 131 Å². The molecule has 0 saturated carbocycles. The fourth-order valence-electron chi connectivity index (χ4n) is 22.5. The van der Waals surface area contributed by atoms with E-state index in [0.717, 1.165) is 232 Å². The van der Waals surface area contributed by atoms with Gasteiger partial charge in [-0.25, -0.2) is 15.0 Å². The highest BCUT2D eigenvalue weighted by Gasteiger charge is 2.35. The van der Waals surface area contributed by atoms with E-state index in [0.29, 0.717) is 52.8 Å². The van der Waals surface area contributed by atoms with Crippen LogP contribution >= 0.6 is 0 Å². The Morgan fingerprint density at radius 1 is 0.136 bits per heavy atom. The summed E-state index contributed by atoms with van der Waals surface area (Å²) in [6.07, 6.45) is 0. The van der Waals surface area contributed by atoms with E-state index in [9.17, 15) is 0 Å². The Hall–Kier alpha value is -20.4. The Bertz CT molecular complexity index is 10600. The fourth-order valence-corrected chi connectivity index (χ4v) is 22.5. The maximum absolute atomic E-state index is 6.30. The molecule has 3 aliphatic rings. The van der Waals surface area contributed by atoms with Gasteiger partial charge in [-0.3, -0.25) is 14.7 Å². The zero-order valence-corrected chi connectivity index (χ0v) is 77.9. The Kier molecular flexibility index (Phi) is 17.8. The lowest BCUT2D eigenvalue weighted by atomic mass is 9.91. The molecule has 0 spiro atoms. The number of para-hydroxylation sites is 9. The van der Waals surface area contributed by atoms with E-state index in [2.05, 4.69) is 269 Å². The second kappa shape index (κ2) is 32.1. The van der Waals surface area contributed by atoms with E-state index >= 15 is 0 Å². The van der Waals surface area contributed by atoms with Gasteiger partial charge in [0.25, 0.3) is 0 Å².